The van der Waals surface area contributed by atoms with Gasteiger partial charge in [0.05, 0.1) is 18.3 Å². The van der Waals surface area contributed by atoms with Gasteiger partial charge in [0.15, 0.2) is 5.82 Å². The lowest BCUT2D eigenvalue weighted by Gasteiger charge is -2.13. The van der Waals surface area contributed by atoms with Crippen molar-refractivity contribution < 1.29 is 4.79 Å². The zero-order chi connectivity index (χ0) is 16.8. The molecule has 7 heteroatoms. The van der Waals surface area contributed by atoms with E-state index in [1.54, 1.807) is 35.5 Å². The maximum absolute atomic E-state index is 12.1. The van der Waals surface area contributed by atoms with E-state index in [1.165, 1.54) is 0 Å². The lowest BCUT2D eigenvalue weighted by Crippen LogP contribution is -2.31. The Hall–Kier alpha value is -3.22. The van der Waals surface area contributed by atoms with E-state index in [1.807, 2.05) is 37.3 Å². The Kier molecular flexibility index (Phi) is 4.81. The first kappa shape index (κ1) is 15.7. The van der Waals surface area contributed by atoms with Gasteiger partial charge in [-0.1, -0.05) is 6.07 Å². The lowest BCUT2D eigenvalue weighted by atomic mass is 10.1. The van der Waals surface area contributed by atoms with E-state index in [0.29, 0.717) is 12.4 Å². The van der Waals surface area contributed by atoms with E-state index in [0.717, 1.165) is 11.3 Å². The predicted octanol–water partition coefficient (Wildman–Crippen LogP) is 2.60. The highest BCUT2D eigenvalue weighted by Crippen LogP contribution is 2.11. The quantitative estimate of drug-likeness (QED) is 0.756. The van der Waals surface area contributed by atoms with Gasteiger partial charge in [-0.25, -0.2) is 4.79 Å². The first-order valence-electron chi connectivity index (χ1n) is 7.61. The topological polar surface area (TPSA) is 84.7 Å². The molecule has 2 N–H and O–H groups in total. The molecule has 0 aliphatic heterocycles. The largest absolute Gasteiger partial charge is 0.331 e. The number of hydrogen-bond donors (Lipinski definition) is 2. The molecule has 0 aliphatic rings. The monoisotopic (exact) mass is 322 g/mol. The predicted molar refractivity (Wildman–Crippen MR) is 90.4 cm³/mol. The molecule has 0 bridgehead atoms. The van der Waals surface area contributed by atoms with Gasteiger partial charge in [-0.2, -0.15) is 5.10 Å². The number of pyridine rings is 2. The minimum Gasteiger partial charge on any atom is -0.331 e. The van der Waals surface area contributed by atoms with Crippen molar-refractivity contribution in [2.45, 2.75) is 19.5 Å². The van der Waals surface area contributed by atoms with Crippen LogP contribution in [-0.4, -0.2) is 25.8 Å². The van der Waals surface area contributed by atoms with Crippen molar-refractivity contribution in [2.75, 3.05) is 5.32 Å². The highest BCUT2D eigenvalue weighted by Gasteiger charge is 2.10. The minimum atomic E-state index is -0.303. The molecule has 0 saturated carbocycles. The van der Waals surface area contributed by atoms with Crippen LogP contribution in [0.3, 0.4) is 0 Å². The Labute approximate surface area is 139 Å². The van der Waals surface area contributed by atoms with Crippen LogP contribution in [0, 0.1) is 0 Å². The second-order valence-corrected chi connectivity index (χ2v) is 5.32. The van der Waals surface area contributed by atoms with Crippen LogP contribution in [0.1, 0.15) is 24.2 Å². The Morgan fingerprint density at radius 3 is 2.75 bits per heavy atom. The van der Waals surface area contributed by atoms with Crippen molar-refractivity contribution in [3.8, 4) is 0 Å². The molecule has 3 aromatic heterocycles. The van der Waals surface area contributed by atoms with Crippen LogP contribution >= 0.6 is 0 Å². The van der Waals surface area contributed by atoms with E-state index in [2.05, 4.69) is 25.7 Å². The van der Waals surface area contributed by atoms with E-state index in [4.69, 9.17) is 0 Å². The van der Waals surface area contributed by atoms with Crippen molar-refractivity contribution in [3.05, 3.63) is 72.4 Å². The number of nitrogens with one attached hydrogen (secondary N) is 2. The van der Waals surface area contributed by atoms with Crippen molar-refractivity contribution in [1.82, 2.24) is 25.1 Å². The summed E-state index contributed by atoms with van der Waals surface area (Å²) in [5.41, 5.74) is 1.89. The summed E-state index contributed by atoms with van der Waals surface area (Å²) >= 11 is 0. The third-order valence-electron chi connectivity index (χ3n) is 3.49. The SMILES string of the molecule is CC(NC(=O)Nc1ccn(Cc2ccccn2)n1)c1ccncc1. The van der Waals surface area contributed by atoms with Gasteiger partial charge in [0.1, 0.15) is 0 Å². The van der Waals surface area contributed by atoms with Crippen LogP contribution in [0.25, 0.3) is 0 Å². The van der Waals surface area contributed by atoms with Gasteiger partial charge in [-0.15, -0.1) is 0 Å². The average Bonchev–Trinajstić information content (AvgIpc) is 3.03. The number of carbonyl (C=O) groups excluding carboxylic acids is 1. The number of rotatable bonds is 5. The molecular formula is C17H18N6O. The maximum Gasteiger partial charge on any atom is 0.320 e. The molecule has 24 heavy (non-hydrogen) atoms. The summed E-state index contributed by atoms with van der Waals surface area (Å²) in [6.07, 6.45) is 6.94. The van der Waals surface area contributed by atoms with E-state index in [9.17, 15) is 4.79 Å². The second kappa shape index (κ2) is 7.36. The Balaban J connectivity index is 1.55. The summed E-state index contributed by atoms with van der Waals surface area (Å²) in [4.78, 5) is 20.3. The van der Waals surface area contributed by atoms with Gasteiger partial charge >= 0.3 is 6.03 Å². The van der Waals surface area contributed by atoms with Crippen molar-refractivity contribution >= 4 is 11.8 Å². The highest BCUT2D eigenvalue weighted by atomic mass is 16.2. The Bertz CT molecular complexity index is 787. The molecule has 0 aromatic carbocycles. The van der Waals surface area contributed by atoms with E-state index in [-0.39, 0.29) is 12.1 Å². The molecule has 3 rings (SSSR count). The summed E-state index contributed by atoms with van der Waals surface area (Å²) in [5, 5.41) is 9.92. The fourth-order valence-electron chi connectivity index (χ4n) is 2.26. The highest BCUT2D eigenvalue weighted by molar-refractivity contribution is 5.88. The molecule has 0 radical (unpaired) electrons. The normalized spacial score (nSPS) is 11.7. The Morgan fingerprint density at radius 2 is 2.00 bits per heavy atom. The molecule has 0 spiro atoms. The second-order valence-electron chi connectivity index (χ2n) is 5.32. The molecule has 1 unspecified atom stereocenters. The smallest absolute Gasteiger partial charge is 0.320 e. The number of amides is 2. The zero-order valence-corrected chi connectivity index (χ0v) is 13.3. The van der Waals surface area contributed by atoms with Crippen molar-refractivity contribution in [1.29, 1.82) is 0 Å². The van der Waals surface area contributed by atoms with Crippen molar-refractivity contribution in [2.24, 2.45) is 0 Å². The molecule has 0 saturated heterocycles. The molecule has 0 fully saturated rings. The first-order valence-corrected chi connectivity index (χ1v) is 7.61. The number of hydrogen-bond acceptors (Lipinski definition) is 4. The zero-order valence-electron chi connectivity index (χ0n) is 13.3. The fourth-order valence-corrected chi connectivity index (χ4v) is 2.26. The summed E-state index contributed by atoms with van der Waals surface area (Å²) in [6.45, 7) is 2.46. The van der Waals surface area contributed by atoms with Gasteiger partial charge < -0.3 is 5.32 Å². The molecule has 122 valence electrons. The van der Waals surface area contributed by atoms with Crippen LogP contribution in [0.4, 0.5) is 10.6 Å². The molecule has 3 aromatic rings. The molecule has 7 nitrogen and oxygen atoms in total. The summed E-state index contributed by atoms with van der Waals surface area (Å²) in [5.74, 6) is 0.491. The average molecular weight is 322 g/mol. The fraction of sp³-hybridized carbons (Fsp3) is 0.176. The van der Waals surface area contributed by atoms with Crippen LogP contribution in [-0.2, 0) is 6.54 Å². The van der Waals surface area contributed by atoms with Gasteiger partial charge in [0, 0.05) is 30.9 Å². The molecule has 0 aliphatic carbocycles. The van der Waals surface area contributed by atoms with Gasteiger partial charge in [0.25, 0.3) is 0 Å². The van der Waals surface area contributed by atoms with Gasteiger partial charge in [-0.05, 0) is 36.8 Å². The summed E-state index contributed by atoms with van der Waals surface area (Å²) < 4.78 is 1.73. The number of nitrogens with zero attached hydrogens (tertiary/aromatic N) is 4. The minimum absolute atomic E-state index is 0.122. The standard InChI is InChI=1S/C17H18N6O/c1-13(14-5-9-18-10-6-14)20-17(24)21-16-7-11-23(22-16)12-15-4-2-3-8-19-15/h2-11,13H,12H2,1H3,(H2,20,21,22,24). The summed E-state index contributed by atoms with van der Waals surface area (Å²) in [7, 11) is 0. The number of anilines is 1. The third-order valence-corrected chi connectivity index (χ3v) is 3.49. The molecule has 2 amide bonds. The van der Waals surface area contributed by atoms with E-state index < -0.39 is 0 Å². The maximum atomic E-state index is 12.1. The number of urea groups is 1. The molecular weight excluding hydrogens is 304 g/mol. The van der Waals surface area contributed by atoms with Crippen LogP contribution in [0.2, 0.25) is 0 Å². The van der Waals surface area contributed by atoms with E-state index >= 15 is 0 Å². The van der Waals surface area contributed by atoms with Crippen LogP contribution in [0.5, 0.6) is 0 Å². The lowest BCUT2D eigenvalue weighted by molar-refractivity contribution is 0.249. The molecule has 3 heterocycles. The van der Waals surface area contributed by atoms with Crippen molar-refractivity contribution in [3.63, 3.8) is 0 Å². The molecule has 1 atom stereocenters. The first-order chi connectivity index (χ1) is 11.7. The van der Waals surface area contributed by atoms with Gasteiger partial charge in [-0.3, -0.25) is 20.0 Å². The Morgan fingerprint density at radius 1 is 1.17 bits per heavy atom. The van der Waals surface area contributed by atoms with Crippen LogP contribution in [0.15, 0.2) is 61.2 Å². The van der Waals surface area contributed by atoms with Gasteiger partial charge in [0.2, 0.25) is 0 Å². The number of carbonyl (C=O) groups is 1. The number of aromatic nitrogens is 4. The van der Waals surface area contributed by atoms with Crippen LogP contribution < -0.4 is 10.6 Å². The third kappa shape index (κ3) is 4.16. The summed E-state index contributed by atoms with van der Waals surface area (Å²) in [6, 6.07) is 10.8.